The first-order chi connectivity index (χ1) is 15.1. The maximum absolute atomic E-state index is 6.27. The summed E-state index contributed by atoms with van der Waals surface area (Å²) in [5, 5.41) is 0. The van der Waals surface area contributed by atoms with Crippen LogP contribution in [0.4, 0.5) is 0 Å². The molecule has 0 aromatic heterocycles. The van der Waals surface area contributed by atoms with E-state index in [1.165, 1.54) is 83.5 Å². The van der Waals surface area contributed by atoms with Gasteiger partial charge in [0.2, 0.25) is 0 Å². The van der Waals surface area contributed by atoms with Gasteiger partial charge in [0.25, 0.3) is 0 Å². The molecule has 0 saturated heterocycles. The number of rotatable bonds is 23. The summed E-state index contributed by atoms with van der Waals surface area (Å²) in [6.45, 7) is 17.9. The molecule has 0 N–H and O–H groups in total. The third-order valence-electron chi connectivity index (χ3n) is 5.33. The fourth-order valence-corrected chi connectivity index (χ4v) is 5.45. The second-order valence-corrected chi connectivity index (χ2v) is 20.3. The quantitative estimate of drug-likeness (QED) is 0.0818. The minimum absolute atomic E-state index is 0.0857. The molecule has 0 spiro atoms. The summed E-state index contributed by atoms with van der Waals surface area (Å²) in [5.74, 6) is 0. The molecule has 0 saturated carbocycles. The van der Waals surface area contributed by atoms with Gasteiger partial charge in [-0.1, -0.05) is 76.9 Å². The number of hydrogen-bond donors (Lipinski definition) is 0. The van der Waals surface area contributed by atoms with Crippen LogP contribution in [0.5, 0.6) is 0 Å². The van der Waals surface area contributed by atoms with Crippen molar-refractivity contribution in [3.05, 3.63) is 12.2 Å². The number of ether oxygens (including phenoxy) is 1. The molecular weight excluding hydrogens is 428 g/mol. The van der Waals surface area contributed by atoms with Crippen LogP contribution >= 0.6 is 0 Å². The van der Waals surface area contributed by atoms with Crippen molar-refractivity contribution in [2.45, 2.75) is 142 Å². The van der Waals surface area contributed by atoms with E-state index in [1.54, 1.807) is 0 Å². The number of hydrogen-bond acceptors (Lipinski definition) is 3. The molecule has 0 radical (unpaired) electrons. The Kier molecular flexibility index (Phi) is 20.5. The van der Waals surface area contributed by atoms with E-state index in [9.17, 15) is 0 Å². The van der Waals surface area contributed by atoms with Crippen molar-refractivity contribution in [1.29, 1.82) is 0 Å². The number of unbranched alkanes of at least 4 members (excludes halogenated alkanes) is 12. The molecule has 3 nitrogen and oxygen atoms in total. The predicted molar refractivity (Wildman–Crippen MR) is 148 cm³/mol. The van der Waals surface area contributed by atoms with E-state index >= 15 is 0 Å². The topological polar surface area (TPSA) is 27.7 Å². The molecule has 0 heterocycles. The van der Waals surface area contributed by atoms with Crippen LogP contribution in [-0.2, 0) is 13.6 Å². The van der Waals surface area contributed by atoms with Gasteiger partial charge in [-0.15, -0.1) is 0 Å². The van der Waals surface area contributed by atoms with Crippen molar-refractivity contribution < 1.29 is 13.6 Å². The SMILES string of the molecule is CCCCCCCC/C=C/CCCCCCCCOCC(CO[Si](C)(C)C)O[Si](C)(C)C. The lowest BCUT2D eigenvalue weighted by Gasteiger charge is -2.29. The summed E-state index contributed by atoms with van der Waals surface area (Å²) < 4.78 is 18.3. The molecule has 0 aliphatic carbocycles. The molecule has 0 amide bonds. The predicted octanol–water partition coefficient (Wildman–Crippen LogP) is 9.11. The molecule has 192 valence electrons. The van der Waals surface area contributed by atoms with E-state index in [-0.39, 0.29) is 6.10 Å². The molecule has 1 unspecified atom stereocenters. The van der Waals surface area contributed by atoms with Crippen LogP contribution < -0.4 is 0 Å². The molecule has 0 aliphatic rings. The molecule has 0 aliphatic heterocycles. The van der Waals surface area contributed by atoms with Crippen LogP contribution in [0.15, 0.2) is 12.2 Å². The fourth-order valence-electron chi connectivity index (χ4n) is 3.63. The maximum Gasteiger partial charge on any atom is 0.184 e. The van der Waals surface area contributed by atoms with Crippen molar-refractivity contribution in [3.8, 4) is 0 Å². The normalized spacial score (nSPS) is 13.8. The zero-order valence-corrected chi connectivity index (χ0v) is 25.0. The minimum atomic E-state index is -1.58. The monoisotopic (exact) mass is 486 g/mol. The van der Waals surface area contributed by atoms with Crippen LogP contribution in [-0.4, -0.2) is 42.6 Å². The van der Waals surface area contributed by atoms with Gasteiger partial charge in [0.15, 0.2) is 16.6 Å². The molecular formula is C27H58O3Si2. The average molecular weight is 487 g/mol. The van der Waals surface area contributed by atoms with Crippen LogP contribution in [0.3, 0.4) is 0 Å². The first kappa shape index (κ1) is 32.1. The summed E-state index contributed by atoms with van der Waals surface area (Å²) in [5.41, 5.74) is 0. The van der Waals surface area contributed by atoms with Crippen LogP contribution in [0.1, 0.15) is 96.8 Å². The van der Waals surface area contributed by atoms with Crippen LogP contribution in [0.25, 0.3) is 0 Å². The Balaban J connectivity index is 3.56. The summed E-state index contributed by atoms with van der Waals surface area (Å²) in [6.07, 6.45) is 23.7. The first-order valence-corrected chi connectivity index (χ1v) is 20.5. The zero-order chi connectivity index (χ0) is 24.1. The minimum Gasteiger partial charge on any atom is -0.415 e. The number of allylic oxidation sites excluding steroid dienone is 2. The Morgan fingerprint density at radius 3 is 1.59 bits per heavy atom. The van der Waals surface area contributed by atoms with Crippen LogP contribution in [0.2, 0.25) is 39.3 Å². The average Bonchev–Trinajstić information content (AvgIpc) is 2.69. The van der Waals surface area contributed by atoms with Crippen molar-refractivity contribution in [2.75, 3.05) is 19.8 Å². The van der Waals surface area contributed by atoms with Gasteiger partial charge in [-0.25, -0.2) is 0 Å². The molecule has 0 aromatic rings. The van der Waals surface area contributed by atoms with E-state index < -0.39 is 16.6 Å². The van der Waals surface area contributed by atoms with Crippen LogP contribution in [0, 0.1) is 0 Å². The summed E-state index contributed by atoms with van der Waals surface area (Å²) >= 11 is 0. The second kappa shape index (κ2) is 20.4. The fraction of sp³-hybridized carbons (Fsp3) is 0.926. The Bertz CT molecular complexity index is 428. The smallest absolute Gasteiger partial charge is 0.184 e. The van der Waals surface area contributed by atoms with Gasteiger partial charge in [-0.3, -0.25) is 0 Å². The van der Waals surface area contributed by atoms with Gasteiger partial charge >= 0.3 is 0 Å². The van der Waals surface area contributed by atoms with Crippen molar-refractivity contribution in [2.24, 2.45) is 0 Å². The van der Waals surface area contributed by atoms with Gasteiger partial charge in [0.1, 0.15) is 0 Å². The van der Waals surface area contributed by atoms with E-state index in [2.05, 4.69) is 58.4 Å². The molecule has 0 fully saturated rings. The van der Waals surface area contributed by atoms with E-state index in [1.807, 2.05) is 0 Å². The highest BCUT2D eigenvalue weighted by molar-refractivity contribution is 6.70. The van der Waals surface area contributed by atoms with Gasteiger partial charge < -0.3 is 13.6 Å². The third kappa shape index (κ3) is 26.3. The summed E-state index contributed by atoms with van der Waals surface area (Å²) in [6, 6.07) is 0. The van der Waals surface area contributed by atoms with Crippen molar-refractivity contribution in [3.63, 3.8) is 0 Å². The Morgan fingerprint density at radius 2 is 1.09 bits per heavy atom. The Morgan fingerprint density at radius 1 is 0.594 bits per heavy atom. The second-order valence-electron chi connectivity index (χ2n) is 11.3. The standard InChI is InChI=1S/C27H58O3Si2/c1-8-9-10-11-12-13-14-15-16-17-18-19-20-21-22-23-24-28-25-27(30-32(5,6)7)26-29-31(2,3)4/h15-16,27H,8-14,17-26H2,1-7H3/b16-15+. The van der Waals surface area contributed by atoms with Gasteiger partial charge in [0, 0.05) is 6.61 Å². The molecule has 1 atom stereocenters. The lowest BCUT2D eigenvalue weighted by atomic mass is 10.1. The van der Waals surface area contributed by atoms with Crippen molar-refractivity contribution >= 4 is 16.6 Å². The molecule has 5 heteroatoms. The highest BCUT2D eigenvalue weighted by Crippen LogP contribution is 2.13. The largest absolute Gasteiger partial charge is 0.415 e. The lowest BCUT2D eigenvalue weighted by molar-refractivity contribution is 0.0190. The highest BCUT2D eigenvalue weighted by Gasteiger charge is 2.24. The van der Waals surface area contributed by atoms with Gasteiger partial charge in [-0.05, 0) is 71.4 Å². The van der Waals surface area contributed by atoms with E-state index in [4.69, 9.17) is 13.6 Å². The molecule has 32 heavy (non-hydrogen) atoms. The lowest BCUT2D eigenvalue weighted by Crippen LogP contribution is -2.40. The van der Waals surface area contributed by atoms with Crippen molar-refractivity contribution in [1.82, 2.24) is 0 Å². The molecule has 0 rings (SSSR count). The molecule has 0 aromatic carbocycles. The Hall–Kier alpha value is 0.0538. The summed E-state index contributed by atoms with van der Waals surface area (Å²) in [4.78, 5) is 0. The molecule has 0 bridgehead atoms. The Labute approximate surface area is 204 Å². The van der Waals surface area contributed by atoms with E-state index in [0.29, 0.717) is 13.2 Å². The van der Waals surface area contributed by atoms with E-state index in [0.717, 1.165) is 13.0 Å². The highest BCUT2D eigenvalue weighted by atomic mass is 28.4. The summed E-state index contributed by atoms with van der Waals surface area (Å²) in [7, 11) is -3.09. The van der Waals surface area contributed by atoms with Gasteiger partial charge in [-0.2, -0.15) is 0 Å². The van der Waals surface area contributed by atoms with Gasteiger partial charge in [0.05, 0.1) is 19.3 Å². The zero-order valence-electron chi connectivity index (χ0n) is 23.0. The maximum atomic E-state index is 6.27. The first-order valence-electron chi connectivity index (χ1n) is 13.7. The third-order valence-corrected chi connectivity index (χ3v) is 7.40.